The molecule has 1 amide bonds. The van der Waals surface area contributed by atoms with E-state index in [-0.39, 0.29) is 11.9 Å². The summed E-state index contributed by atoms with van der Waals surface area (Å²) in [6.07, 6.45) is 0.453. The van der Waals surface area contributed by atoms with Gasteiger partial charge in [0.25, 0.3) is 5.91 Å². The normalized spacial score (nSPS) is 16.7. The van der Waals surface area contributed by atoms with E-state index in [0.717, 1.165) is 25.3 Å². The van der Waals surface area contributed by atoms with Crippen molar-refractivity contribution in [2.45, 2.75) is 52.8 Å². The Hall–Kier alpha value is -3.11. The third kappa shape index (κ3) is 5.87. The lowest BCUT2D eigenvalue weighted by Gasteiger charge is -2.38. The predicted octanol–water partition coefficient (Wildman–Crippen LogP) is 5.68. The SMILES string of the molecule is Cc1cccc(CN2CCc3ccc(O[C@H](C)C(=O)NCC(C)C)cc3[C@H]2c2ccccc2)c1. The molecule has 0 fully saturated rings. The molecule has 4 rings (SSSR count). The second kappa shape index (κ2) is 10.9. The van der Waals surface area contributed by atoms with Crippen molar-refractivity contribution in [3.63, 3.8) is 0 Å². The summed E-state index contributed by atoms with van der Waals surface area (Å²) >= 11 is 0. The van der Waals surface area contributed by atoms with Crippen LogP contribution in [0, 0.1) is 12.8 Å². The fraction of sp³-hybridized carbons (Fsp3) is 0.367. The molecule has 0 aliphatic carbocycles. The average Bonchev–Trinajstić information content (AvgIpc) is 2.83. The van der Waals surface area contributed by atoms with Crippen molar-refractivity contribution in [3.8, 4) is 5.75 Å². The lowest BCUT2D eigenvalue weighted by Crippen LogP contribution is -2.38. The summed E-state index contributed by atoms with van der Waals surface area (Å²) in [5, 5.41) is 2.97. The molecule has 1 heterocycles. The zero-order valence-corrected chi connectivity index (χ0v) is 20.8. The Labute approximate surface area is 204 Å². The van der Waals surface area contributed by atoms with Crippen LogP contribution in [-0.2, 0) is 17.8 Å². The van der Waals surface area contributed by atoms with Crippen LogP contribution in [-0.4, -0.2) is 30.0 Å². The van der Waals surface area contributed by atoms with E-state index in [2.05, 4.69) is 97.7 Å². The summed E-state index contributed by atoms with van der Waals surface area (Å²) < 4.78 is 6.10. The standard InChI is InChI=1S/C30H36N2O2/c1-21(2)19-31-30(33)23(4)34-27-14-13-25-15-16-32(20-24-10-8-9-22(3)17-24)29(28(25)18-27)26-11-6-5-7-12-26/h5-14,17-18,21,23,29H,15-16,19-20H2,1-4H3,(H,31,33)/t23-,29-/m1/s1. The third-order valence-corrected chi connectivity index (χ3v) is 6.40. The van der Waals surface area contributed by atoms with Gasteiger partial charge in [0.1, 0.15) is 5.75 Å². The maximum atomic E-state index is 12.5. The topological polar surface area (TPSA) is 41.6 Å². The highest BCUT2D eigenvalue weighted by molar-refractivity contribution is 5.80. The Morgan fingerprint density at radius 3 is 2.56 bits per heavy atom. The van der Waals surface area contributed by atoms with Gasteiger partial charge in [-0.2, -0.15) is 0 Å². The maximum absolute atomic E-state index is 12.5. The van der Waals surface area contributed by atoms with E-state index in [1.165, 1.54) is 27.8 Å². The summed E-state index contributed by atoms with van der Waals surface area (Å²) in [7, 11) is 0. The smallest absolute Gasteiger partial charge is 0.260 e. The molecule has 0 radical (unpaired) electrons. The van der Waals surface area contributed by atoms with E-state index in [1.807, 2.05) is 13.0 Å². The third-order valence-electron chi connectivity index (χ3n) is 6.40. The van der Waals surface area contributed by atoms with Gasteiger partial charge in [-0.15, -0.1) is 0 Å². The number of benzene rings is 3. The lowest BCUT2D eigenvalue weighted by atomic mass is 9.87. The number of hydrogen-bond donors (Lipinski definition) is 1. The highest BCUT2D eigenvalue weighted by Gasteiger charge is 2.29. The molecule has 1 aliphatic heterocycles. The molecule has 178 valence electrons. The van der Waals surface area contributed by atoms with Gasteiger partial charge in [0.15, 0.2) is 6.10 Å². The van der Waals surface area contributed by atoms with Crippen molar-refractivity contribution in [2.24, 2.45) is 5.92 Å². The minimum absolute atomic E-state index is 0.0768. The zero-order chi connectivity index (χ0) is 24.1. The molecule has 34 heavy (non-hydrogen) atoms. The lowest BCUT2D eigenvalue weighted by molar-refractivity contribution is -0.127. The van der Waals surface area contributed by atoms with E-state index < -0.39 is 6.10 Å². The van der Waals surface area contributed by atoms with Crippen LogP contribution in [0.3, 0.4) is 0 Å². The van der Waals surface area contributed by atoms with E-state index in [0.29, 0.717) is 12.5 Å². The highest BCUT2D eigenvalue weighted by atomic mass is 16.5. The average molecular weight is 457 g/mol. The quantitative estimate of drug-likeness (QED) is 0.474. The highest BCUT2D eigenvalue weighted by Crippen LogP contribution is 2.38. The molecule has 3 aromatic rings. The number of amides is 1. The zero-order valence-electron chi connectivity index (χ0n) is 20.8. The van der Waals surface area contributed by atoms with Gasteiger partial charge in [-0.3, -0.25) is 9.69 Å². The van der Waals surface area contributed by atoms with Crippen LogP contribution < -0.4 is 10.1 Å². The van der Waals surface area contributed by atoms with Gasteiger partial charge in [-0.1, -0.05) is 80.1 Å². The van der Waals surface area contributed by atoms with Crippen molar-refractivity contribution >= 4 is 5.91 Å². The number of nitrogens with zero attached hydrogens (tertiary/aromatic N) is 1. The first-order valence-corrected chi connectivity index (χ1v) is 12.3. The number of aryl methyl sites for hydroxylation is 1. The predicted molar refractivity (Wildman–Crippen MR) is 138 cm³/mol. The van der Waals surface area contributed by atoms with Gasteiger partial charge in [0.05, 0.1) is 6.04 Å². The van der Waals surface area contributed by atoms with Crippen molar-refractivity contribution in [1.82, 2.24) is 10.2 Å². The molecule has 0 bridgehead atoms. The Kier molecular flexibility index (Phi) is 7.69. The van der Waals surface area contributed by atoms with Crippen molar-refractivity contribution < 1.29 is 9.53 Å². The Morgan fingerprint density at radius 2 is 1.82 bits per heavy atom. The first-order valence-electron chi connectivity index (χ1n) is 12.3. The van der Waals surface area contributed by atoms with Crippen LogP contribution in [0.25, 0.3) is 0 Å². The molecule has 0 saturated heterocycles. The fourth-order valence-electron chi connectivity index (χ4n) is 4.67. The molecule has 0 unspecified atom stereocenters. The van der Waals surface area contributed by atoms with E-state index in [4.69, 9.17) is 4.74 Å². The molecule has 4 nitrogen and oxygen atoms in total. The van der Waals surface area contributed by atoms with E-state index in [9.17, 15) is 4.79 Å². The van der Waals surface area contributed by atoms with Gasteiger partial charge < -0.3 is 10.1 Å². The molecular weight excluding hydrogens is 420 g/mol. The van der Waals surface area contributed by atoms with Crippen molar-refractivity contribution in [1.29, 1.82) is 0 Å². The van der Waals surface area contributed by atoms with Crippen LogP contribution in [0.2, 0.25) is 0 Å². The summed E-state index contributed by atoms with van der Waals surface area (Å²) in [6.45, 7) is 10.7. The first-order chi connectivity index (χ1) is 16.4. The van der Waals surface area contributed by atoms with Gasteiger partial charge in [-0.05, 0) is 60.6 Å². The van der Waals surface area contributed by atoms with Gasteiger partial charge in [-0.25, -0.2) is 0 Å². The van der Waals surface area contributed by atoms with Gasteiger partial charge >= 0.3 is 0 Å². The van der Waals surface area contributed by atoms with Crippen molar-refractivity contribution in [3.05, 3.63) is 101 Å². The maximum Gasteiger partial charge on any atom is 0.260 e. The molecule has 1 aliphatic rings. The number of carbonyl (C=O) groups excluding carboxylic acids is 1. The van der Waals surface area contributed by atoms with Gasteiger partial charge in [0.2, 0.25) is 0 Å². The Bertz CT molecular complexity index is 1110. The first kappa shape index (κ1) is 24.0. The molecular formula is C30H36N2O2. The molecule has 2 atom stereocenters. The summed E-state index contributed by atoms with van der Waals surface area (Å²) in [4.78, 5) is 15.0. The van der Waals surface area contributed by atoms with Crippen LogP contribution in [0.4, 0.5) is 0 Å². The largest absolute Gasteiger partial charge is 0.481 e. The van der Waals surface area contributed by atoms with Crippen LogP contribution in [0.5, 0.6) is 5.75 Å². The molecule has 3 aromatic carbocycles. The second-order valence-electron chi connectivity index (χ2n) is 9.78. The molecule has 0 saturated carbocycles. The van der Waals surface area contributed by atoms with E-state index in [1.54, 1.807) is 0 Å². The fourth-order valence-corrected chi connectivity index (χ4v) is 4.67. The monoisotopic (exact) mass is 456 g/mol. The number of fused-ring (bicyclic) bond motifs is 1. The van der Waals surface area contributed by atoms with Crippen LogP contribution >= 0.6 is 0 Å². The number of hydrogen-bond acceptors (Lipinski definition) is 3. The summed E-state index contributed by atoms with van der Waals surface area (Å²) in [5.41, 5.74) is 6.49. The van der Waals surface area contributed by atoms with Crippen LogP contribution in [0.1, 0.15) is 54.6 Å². The van der Waals surface area contributed by atoms with Crippen LogP contribution in [0.15, 0.2) is 72.8 Å². The molecule has 0 spiro atoms. The van der Waals surface area contributed by atoms with Crippen molar-refractivity contribution in [2.75, 3.05) is 13.1 Å². The number of rotatable bonds is 8. The minimum Gasteiger partial charge on any atom is -0.481 e. The van der Waals surface area contributed by atoms with Gasteiger partial charge in [0, 0.05) is 19.6 Å². The number of nitrogens with one attached hydrogen (secondary N) is 1. The number of carbonyl (C=O) groups is 1. The molecule has 0 aromatic heterocycles. The summed E-state index contributed by atoms with van der Waals surface area (Å²) in [5.74, 6) is 1.07. The second-order valence-corrected chi connectivity index (χ2v) is 9.78. The molecule has 1 N–H and O–H groups in total. The Balaban J connectivity index is 1.61. The molecule has 4 heteroatoms. The minimum atomic E-state index is -0.543. The number of ether oxygens (including phenoxy) is 1. The Morgan fingerprint density at radius 1 is 1.03 bits per heavy atom. The van der Waals surface area contributed by atoms with E-state index >= 15 is 0 Å². The summed E-state index contributed by atoms with van der Waals surface area (Å²) in [6, 6.07) is 25.9.